The van der Waals surface area contributed by atoms with Crippen LogP contribution in [0.25, 0.3) is 0 Å². The van der Waals surface area contributed by atoms with Crippen molar-refractivity contribution in [3.8, 4) is 0 Å². The Hall–Kier alpha value is -1.28. The molecule has 0 rings (SSSR count). The van der Waals surface area contributed by atoms with Gasteiger partial charge in [0.05, 0.1) is 39.9 Å². The summed E-state index contributed by atoms with van der Waals surface area (Å²) in [5.41, 5.74) is 0. The molecule has 0 spiro atoms. The van der Waals surface area contributed by atoms with Crippen molar-refractivity contribution in [2.24, 2.45) is 0 Å². The van der Waals surface area contributed by atoms with Crippen LogP contribution in [0.1, 0.15) is 412 Å². The Morgan fingerprint density at radius 2 is 0.648 bits per heavy atom. The van der Waals surface area contributed by atoms with Crippen LogP contribution >= 0.6 is 7.82 Å². The molecule has 0 aliphatic carbocycles. The number of likely N-dealkylation sites (N-methyl/N-ethyl adjacent to an activating group) is 1. The van der Waals surface area contributed by atoms with Crippen molar-refractivity contribution < 1.29 is 32.9 Å². The maximum Gasteiger partial charge on any atom is 0.472 e. The molecule has 0 heterocycles. The van der Waals surface area contributed by atoms with Crippen LogP contribution in [0, 0.1) is 0 Å². The first-order valence-corrected chi connectivity index (χ1v) is 40.9. The van der Waals surface area contributed by atoms with Gasteiger partial charge in [-0.15, -0.1) is 0 Å². The minimum absolute atomic E-state index is 0.0644. The number of carbonyl (C=O) groups is 1. The predicted molar refractivity (Wildman–Crippen MR) is 388 cm³/mol. The Bertz CT molecular complexity index is 1530. The van der Waals surface area contributed by atoms with Crippen molar-refractivity contribution >= 4 is 13.7 Å². The molecule has 0 aliphatic heterocycles. The van der Waals surface area contributed by atoms with Crippen LogP contribution in [0.3, 0.4) is 0 Å². The Balaban J connectivity index is 3.92. The van der Waals surface area contributed by atoms with Crippen LogP contribution in [0.5, 0.6) is 0 Å². The first-order chi connectivity index (χ1) is 43.0. The normalized spacial score (nSPS) is 13.7. The fourth-order valence-corrected chi connectivity index (χ4v) is 13.0. The van der Waals surface area contributed by atoms with Crippen molar-refractivity contribution in [2.75, 3.05) is 40.9 Å². The van der Waals surface area contributed by atoms with Crippen LogP contribution in [-0.2, 0) is 18.4 Å². The molecule has 0 radical (unpaired) electrons. The van der Waals surface area contributed by atoms with E-state index >= 15 is 0 Å². The number of aliphatic hydroxyl groups excluding tert-OH is 1. The summed E-state index contributed by atoms with van der Waals surface area (Å²) >= 11 is 0. The summed E-state index contributed by atoms with van der Waals surface area (Å²) in [6.07, 6.45) is 94.8. The van der Waals surface area contributed by atoms with E-state index < -0.39 is 20.0 Å². The number of phosphoric ester groups is 1. The summed E-state index contributed by atoms with van der Waals surface area (Å²) in [7, 11) is 1.59. The fraction of sp³-hybridized carbons (Fsp3) is 0.911. The summed E-state index contributed by atoms with van der Waals surface area (Å²) in [5, 5.41) is 14.1. The molecule has 0 aromatic carbocycles. The lowest BCUT2D eigenvalue weighted by Crippen LogP contribution is -2.45. The molecule has 3 N–H and O–H groups in total. The third-order valence-electron chi connectivity index (χ3n) is 18.4. The molecule has 8 nitrogen and oxygen atoms in total. The minimum Gasteiger partial charge on any atom is -0.387 e. The highest BCUT2D eigenvalue weighted by atomic mass is 31.2. The van der Waals surface area contributed by atoms with Crippen molar-refractivity contribution in [2.45, 2.75) is 424 Å². The molecule has 0 aromatic heterocycles. The number of allylic oxidation sites excluding steroid dienone is 5. The van der Waals surface area contributed by atoms with Gasteiger partial charge in [0.15, 0.2) is 0 Å². The van der Waals surface area contributed by atoms with E-state index in [4.69, 9.17) is 9.05 Å². The number of rotatable bonds is 74. The minimum atomic E-state index is -4.35. The highest BCUT2D eigenvalue weighted by Crippen LogP contribution is 2.43. The van der Waals surface area contributed by atoms with Gasteiger partial charge in [0.25, 0.3) is 0 Å². The Morgan fingerprint density at radius 3 is 0.932 bits per heavy atom. The average molecular weight is 1260 g/mol. The van der Waals surface area contributed by atoms with Crippen molar-refractivity contribution in [3.63, 3.8) is 0 Å². The van der Waals surface area contributed by atoms with E-state index in [0.29, 0.717) is 17.4 Å². The number of nitrogens with zero attached hydrogens (tertiary/aromatic N) is 1. The zero-order valence-corrected chi connectivity index (χ0v) is 60.9. The molecule has 0 aromatic rings. The summed E-state index contributed by atoms with van der Waals surface area (Å²) in [6.45, 7) is 4.87. The lowest BCUT2D eigenvalue weighted by molar-refractivity contribution is -0.870. The highest BCUT2D eigenvalue weighted by Gasteiger charge is 2.28. The number of hydrogen-bond donors (Lipinski definition) is 3. The molecule has 1 amide bonds. The molecule has 0 bridgehead atoms. The second kappa shape index (κ2) is 70.0. The van der Waals surface area contributed by atoms with Crippen LogP contribution < -0.4 is 5.32 Å². The van der Waals surface area contributed by atoms with E-state index in [0.717, 1.165) is 38.5 Å². The third kappa shape index (κ3) is 72.2. The van der Waals surface area contributed by atoms with Crippen LogP contribution in [-0.4, -0.2) is 73.4 Å². The van der Waals surface area contributed by atoms with Crippen LogP contribution in [0.4, 0.5) is 0 Å². The van der Waals surface area contributed by atoms with Gasteiger partial charge in [-0.05, 0) is 51.4 Å². The van der Waals surface area contributed by atoms with Gasteiger partial charge in [0, 0.05) is 6.42 Å². The summed E-state index contributed by atoms with van der Waals surface area (Å²) in [6, 6.07) is -0.846. The van der Waals surface area contributed by atoms with Gasteiger partial charge in [-0.2, -0.15) is 0 Å². The number of quaternary nitrogens is 1. The molecule has 3 atom stereocenters. The maximum absolute atomic E-state index is 13.1. The van der Waals surface area contributed by atoms with E-state index in [9.17, 15) is 19.4 Å². The van der Waals surface area contributed by atoms with Crippen molar-refractivity contribution in [3.05, 3.63) is 36.5 Å². The molecule has 9 heteroatoms. The molecule has 0 fully saturated rings. The first-order valence-electron chi connectivity index (χ1n) is 39.4. The second-order valence-electron chi connectivity index (χ2n) is 28.4. The zero-order chi connectivity index (χ0) is 64.1. The summed E-state index contributed by atoms with van der Waals surface area (Å²) < 4.78 is 23.9. The van der Waals surface area contributed by atoms with Gasteiger partial charge in [-0.25, -0.2) is 4.57 Å². The lowest BCUT2D eigenvalue weighted by atomic mass is 10.0. The van der Waals surface area contributed by atoms with Crippen molar-refractivity contribution in [1.29, 1.82) is 0 Å². The van der Waals surface area contributed by atoms with Gasteiger partial charge in [-0.3, -0.25) is 13.8 Å². The topological polar surface area (TPSA) is 105 Å². The Morgan fingerprint density at radius 1 is 0.386 bits per heavy atom. The molecular weight excluding hydrogens is 1100 g/mol. The van der Waals surface area contributed by atoms with Gasteiger partial charge >= 0.3 is 7.82 Å². The fourth-order valence-electron chi connectivity index (χ4n) is 12.3. The monoisotopic (exact) mass is 1260 g/mol. The molecule has 3 unspecified atom stereocenters. The van der Waals surface area contributed by atoms with Crippen LogP contribution in [0.2, 0.25) is 0 Å². The van der Waals surface area contributed by atoms with E-state index in [2.05, 4.69) is 43.5 Å². The maximum atomic E-state index is 13.1. The number of unbranched alkanes of at least 4 members (excludes halogenated alkanes) is 57. The Labute approximate surface area is 550 Å². The average Bonchev–Trinajstić information content (AvgIpc) is 3.70. The third-order valence-corrected chi connectivity index (χ3v) is 19.3. The number of amides is 1. The van der Waals surface area contributed by atoms with E-state index in [1.165, 1.54) is 353 Å². The largest absolute Gasteiger partial charge is 0.472 e. The van der Waals surface area contributed by atoms with Crippen molar-refractivity contribution in [1.82, 2.24) is 5.32 Å². The smallest absolute Gasteiger partial charge is 0.387 e. The molecule has 0 saturated carbocycles. The van der Waals surface area contributed by atoms with E-state index in [1.807, 2.05) is 27.2 Å². The molecule has 88 heavy (non-hydrogen) atoms. The second-order valence-corrected chi connectivity index (χ2v) is 29.9. The SMILES string of the molecule is CCCCCCC/C=C\C/C=C\CCCCCCCCCCCCCCCCCCCCCCCCCCCCCC(=O)NC(COP(=O)(O)OCC[N+](C)(C)C)C(O)/C=C/CCCCCCCCCCCCCCCCCCCCCCCCCCC. The van der Waals surface area contributed by atoms with Gasteiger partial charge in [0.2, 0.25) is 5.91 Å². The van der Waals surface area contributed by atoms with Gasteiger partial charge in [0.1, 0.15) is 13.2 Å². The molecular formula is C79H156N2O6P+. The predicted octanol–water partition coefficient (Wildman–Crippen LogP) is 25.6. The quantitative estimate of drug-likeness (QED) is 0.0243. The number of nitrogens with one attached hydrogen (secondary N) is 1. The summed E-state index contributed by atoms with van der Waals surface area (Å²) in [5.74, 6) is -0.167. The number of hydrogen-bond acceptors (Lipinski definition) is 5. The number of aliphatic hydroxyl groups is 1. The van der Waals surface area contributed by atoms with Gasteiger partial charge < -0.3 is 19.8 Å². The molecule has 0 saturated heterocycles. The standard InChI is InChI=1S/C79H155N2O6P/c1-6-8-10-12-14-16-18-20-22-24-26-28-30-32-34-35-36-37-38-39-40-41-42-43-44-45-47-49-51-53-55-57-59-61-63-65-67-69-71-73-79(83)80-77(76-87-88(84,85)86-75-74-81(3,4)5)78(82)72-70-68-66-64-62-60-58-56-54-52-50-48-46-33-31-29-27-25-23-21-19-17-15-13-11-9-7-2/h18,20,24,26,70,72,77-78,82H,6-17,19,21-23,25,27-69,71,73-76H2,1-5H3,(H-,80,83,84,85)/p+1/b20-18-,26-24-,72-70+. The van der Waals surface area contributed by atoms with Gasteiger partial charge in [-0.1, -0.05) is 391 Å². The highest BCUT2D eigenvalue weighted by molar-refractivity contribution is 7.47. The molecule has 522 valence electrons. The first kappa shape index (κ1) is 86.7. The number of phosphoric acid groups is 1. The number of carbonyl (C=O) groups excluding carboxylic acids is 1. The van der Waals surface area contributed by atoms with E-state index in [-0.39, 0.29) is 19.1 Å². The lowest BCUT2D eigenvalue weighted by Gasteiger charge is -2.25. The van der Waals surface area contributed by atoms with E-state index in [1.54, 1.807) is 6.08 Å². The molecule has 0 aliphatic rings. The van der Waals surface area contributed by atoms with Crippen LogP contribution in [0.15, 0.2) is 36.5 Å². The summed E-state index contributed by atoms with van der Waals surface area (Å²) in [4.78, 5) is 23.5. The zero-order valence-electron chi connectivity index (χ0n) is 60.0. The Kier molecular flexibility index (Phi) is 69.0.